The van der Waals surface area contributed by atoms with Crippen LogP contribution in [0.15, 0.2) is 79.0 Å². The second kappa shape index (κ2) is 12.0. The van der Waals surface area contributed by atoms with Gasteiger partial charge < -0.3 is 15.0 Å². The van der Waals surface area contributed by atoms with Crippen LogP contribution in [0.1, 0.15) is 44.8 Å². The van der Waals surface area contributed by atoms with Crippen molar-refractivity contribution < 1.29 is 14.3 Å². The number of Topliss-reactive ketones (excluding diaryl/α,β-unsaturated/α-hetero) is 1. The number of benzene rings is 3. The molecular formula is C31H33N5O3. The topological polar surface area (TPSA) is 89.4 Å². The number of likely N-dealkylation sites (tertiary alicyclic amines) is 1. The first kappa shape index (κ1) is 26.3. The maximum Gasteiger partial charge on any atom is 0.251 e. The smallest absolute Gasteiger partial charge is 0.251 e. The number of carbonyl (C=O) groups is 2. The van der Waals surface area contributed by atoms with Gasteiger partial charge in [-0.15, -0.1) is 5.10 Å². The number of amides is 1. The van der Waals surface area contributed by atoms with E-state index in [4.69, 9.17) is 4.74 Å². The van der Waals surface area contributed by atoms with Crippen LogP contribution in [-0.2, 0) is 13.0 Å². The Hall–Kier alpha value is -4.30. The van der Waals surface area contributed by atoms with Gasteiger partial charge in [0.2, 0.25) is 0 Å². The Labute approximate surface area is 228 Å². The molecule has 5 rings (SSSR count). The third-order valence-corrected chi connectivity index (χ3v) is 7.09. The number of nitrogens with one attached hydrogen (secondary N) is 1. The third kappa shape index (κ3) is 6.78. The minimum Gasteiger partial charge on any atom is -0.490 e. The van der Waals surface area contributed by atoms with Crippen molar-refractivity contribution in [1.82, 2.24) is 25.2 Å². The van der Waals surface area contributed by atoms with Crippen molar-refractivity contribution in [3.63, 3.8) is 0 Å². The van der Waals surface area contributed by atoms with Gasteiger partial charge in [-0.2, -0.15) is 0 Å². The number of rotatable bonds is 9. The Bertz CT molecular complexity index is 1400. The molecule has 0 unspecified atom stereocenters. The summed E-state index contributed by atoms with van der Waals surface area (Å²) in [5.41, 5.74) is 5.01. The average Bonchev–Trinajstić information content (AvgIpc) is 3.44. The molecule has 1 N–H and O–H groups in total. The largest absolute Gasteiger partial charge is 0.490 e. The predicted molar refractivity (Wildman–Crippen MR) is 150 cm³/mol. The van der Waals surface area contributed by atoms with E-state index in [9.17, 15) is 9.59 Å². The van der Waals surface area contributed by atoms with Crippen LogP contribution in [0.2, 0.25) is 0 Å². The molecular weight excluding hydrogens is 490 g/mol. The summed E-state index contributed by atoms with van der Waals surface area (Å²) in [6, 6.07) is 23.5. The summed E-state index contributed by atoms with van der Waals surface area (Å²) in [5, 5.41) is 10.8. The van der Waals surface area contributed by atoms with E-state index < -0.39 is 0 Å². The van der Waals surface area contributed by atoms with E-state index >= 15 is 0 Å². The van der Waals surface area contributed by atoms with E-state index in [1.54, 1.807) is 30.1 Å². The molecule has 4 aromatic rings. The van der Waals surface area contributed by atoms with Gasteiger partial charge in [-0.25, -0.2) is 4.68 Å². The highest BCUT2D eigenvalue weighted by molar-refractivity contribution is 5.95. The van der Waals surface area contributed by atoms with Crippen LogP contribution in [0.25, 0.3) is 11.1 Å². The van der Waals surface area contributed by atoms with E-state index in [-0.39, 0.29) is 24.2 Å². The van der Waals surface area contributed by atoms with Gasteiger partial charge in [0.1, 0.15) is 17.5 Å². The fourth-order valence-corrected chi connectivity index (χ4v) is 4.71. The number of nitrogens with zero attached hydrogens (tertiary/aromatic N) is 4. The molecule has 8 heteroatoms. The molecule has 200 valence electrons. The van der Waals surface area contributed by atoms with Gasteiger partial charge >= 0.3 is 0 Å². The van der Waals surface area contributed by atoms with Gasteiger partial charge in [0.05, 0.1) is 12.7 Å². The Morgan fingerprint density at radius 2 is 1.51 bits per heavy atom. The summed E-state index contributed by atoms with van der Waals surface area (Å²) in [5.74, 6) is 0.693. The fraction of sp³-hybridized carbons (Fsp3) is 0.290. The van der Waals surface area contributed by atoms with Crippen LogP contribution in [0.4, 0.5) is 0 Å². The van der Waals surface area contributed by atoms with Crippen LogP contribution >= 0.6 is 0 Å². The molecule has 1 aliphatic rings. The number of ketones is 1. The normalized spacial score (nSPS) is 14.2. The molecule has 0 spiro atoms. The molecule has 0 radical (unpaired) electrons. The summed E-state index contributed by atoms with van der Waals surface area (Å²) in [7, 11) is 3.75. The first-order chi connectivity index (χ1) is 19.0. The summed E-state index contributed by atoms with van der Waals surface area (Å²) >= 11 is 0. The zero-order valence-electron chi connectivity index (χ0n) is 22.3. The van der Waals surface area contributed by atoms with E-state index in [1.165, 1.54) is 0 Å². The lowest BCUT2D eigenvalue weighted by atomic mass is 10.0. The number of carbonyl (C=O) groups excluding carboxylic acids is 2. The highest BCUT2D eigenvalue weighted by Gasteiger charge is 2.18. The zero-order valence-corrected chi connectivity index (χ0v) is 22.3. The molecule has 1 saturated heterocycles. The van der Waals surface area contributed by atoms with Gasteiger partial charge in [-0.05, 0) is 66.4 Å². The molecule has 39 heavy (non-hydrogen) atoms. The van der Waals surface area contributed by atoms with Gasteiger partial charge in [0.25, 0.3) is 5.91 Å². The van der Waals surface area contributed by atoms with Crippen molar-refractivity contribution in [3.05, 3.63) is 101 Å². The SMILES string of the molecule is CNC(=O)c1ccc(Cn2cc(C(=O)Cc3ccc(-c4ccc(OC5CCN(C)CC5)cc4)cc3)nn2)cc1. The number of hydrogen-bond donors (Lipinski definition) is 1. The number of piperidine rings is 1. The van der Waals surface area contributed by atoms with Gasteiger partial charge in [-0.1, -0.05) is 53.7 Å². The predicted octanol–water partition coefficient (Wildman–Crippen LogP) is 4.25. The zero-order chi connectivity index (χ0) is 27.2. The lowest BCUT2D eigenvalue weighted by Gasteiger charge is -2.29. The van der Waals surface area contributed by atoms with Crippen LogP contribution in [0, 0.1) is 0 Å². The second-order valence-electron chi connectivity index (χ2n) is 10.0. The standard InChI is InChI=1S/C31H33N5O3/c1-32-31(38)26-9-5-23(6-10-26)20-36-21-29(33-34-36)30(37)19-22-3-7-24(8-4-22)25-11-13-27(14-12-25)39-28-15-17-35(2)18-16-28/h3-14,21,28H,15-20H2,1-2H3,(H,32,38). The van der Waals surface area contributed by atoms with Crippen LogP contribution in [-0.4, -0.2) is 64.9 Å². The highest BCUT2D eigenvalue weighted by atomic mass is 16.5. The molecule has 8 nitrogen and oxygen atoms in total. The molecule has 1 amide bonds. The molecule has 0 atom stereocenters. The van der Waals surface area contributed by atoms with E-state index in [2.05, 4.69) is 39.7 Å². The molecule has 0 bridgehead atoms. The van der Waals surface area contributed by atoms with Crippen molar-refractivity contribution in [3.8, 4) is 16.9 Å². The first-order valence-corrected chi connectivity index (χ1v) is 13.3. The Kier molecular flexibility index (Phi) is 8.13. The summed E-state index contributed by atoms with van der Waals surface area (Å²) < 4.78 is 7.79. The van der Waals surface area contributed by atoms with Crippen molar-refractivity contribution in [2.45, 2.75) is 31.9 Å². The van der Waals surface area contributed by atoms with E-state index in [0.717, 1.165) is 53.9 Å². The molecule has 3 aromatic carbocycles. The van der Waals surface area contributed by atoms with Crippen LogP contribution in [0.3, 0.4) is 0 Å². The fourth-order valence-electron chi connectivity index (χ4n) is 4.71. The monoisotopic (exact) mass is 523 g/mol. The Morgan fingerprint density at radius 1 is 0.897 bits per heavy atom. The minimum absolute atomic E-state index is 0.0839. The Morgan fingerprint density at radius 3 is 2.15 bits per heavy atom. The molecule has 0 aliphatic carbocycles. The number of aromatic nitrogens is 3. The molecule has 1 aliphatic heterocycles. The Balaban J connectivity index is 1.15. The average molecular weight is 524 g/mol. The van der Waals surface area contributed by atoms with Crippen molar-refractivity contribution in [2.75, 3.05) is 27.2 Å². The molecule has 2 heterocycles. The quantitative estimate of drug-likeness (QED) is 0.330. The minimum atomic E-state index is -0.130. The third-order valence-electron chi connectivity index (χ3n) is 7.09. The van der Waals surface area contributed by atoms with Crippen molar-refractivity contribution >= 4 is 11.7 Å². The van der Waals surface area contributed by atoms with Crippen molar-refractivity contribution in [2.24, 2.45) is 0 Å². The summed E-state index contributed by atoms with van der Waals surface area (Å²) in [4.78, 5) is 26.9. The maximum atomic E-state index is 12.8. The van der Waals surface area contributed by atoms with E-state index in [0.29, 0.717) is 17.8 Å². The number of ether oxygens (including phenoxy) is 1. The lowest BCUT2D eigenvalue weighted by Crippen LogP contribution is -2.35. The molecule has 1 fully saturated rings. The molecule has 1 aromatic heterocycles. The van der Waals surface area contributed by atoms with E-state index in [1.807, 2.05) is 48.5 Å². The summed E-state index contributed by atoms with van der Waals surface area (Å²) in [6.45, 7) is 2.61. The second-order valence-corrected chi connectivity index (χ2v) is 10.0. The van der Waals surface area contributed by atoms with Gasteiger partial charge in [-0.3, -0.25) is 9.59 Å². The van der Waals surface area contributed by atoms with Gasteiger partial charge in [0.15, 0.2) is 5.78 Å². The van der Waals surface area contributed by atoms with Crippen molar-refractivity contribution in [1.29, 1.82) is 0 Å². The van der Waals surface area contributed by atoms with Crippen LogP contribution < -0.4 is 10.1 Å². The number of hydrogen-bond acceptors (Lipinski definition) is 6. The van der Waals surface area contributed by atoms with Gasteiger partial charge in [0, 0.05) is 32.1 Å². The summed E-state index contributed by atoms with van der Waals surface area (Å²) in [6.07, 6.45) is 4.32. The maximum absolute atomic E-state index is 12.8. The van der Waals surface area contributed by atoms with Crippen LogP contribution in [0.5, 0.6) is 5.75 Å². The lowest BCUT2D eigenvalue weighted by molar-refractivity contribution is 0.0960. The molecule has 0 saturated carbocycles. The first-order valence-electron chi connectivity index (χ1n) is 13.3. The highest BCUT2D eigenvalue weighted by Crippen LogP contribution is 2.25.